The topological polar surface area (TPSA) is 35.5 Å². The van der Waals surface area contributed by atoms with Crippen LogP contribution in [0.15, 0.2) is 0 Å². The maximum atomic E-state index is 11.4. The van der Waals surface area contributed by atoms with E-state index in [1.165, 1.54) is 77.6 Å². The quantitative estimate of drug-likeness (QED) is 0.137. The van der Waals surface area contributed by atoms with Crippen LogP contribution in [0, 0.1) is 0 Å². The van der Waals surface area contributed by atoms with Gasteiger partial charge in [-0.3, -0.25) is 4.79 Å². The summed E-state index contributed by atoms with van der Waals surface area (Å²) in [7, 11) is -1.79. The second kappa shape index (κ2) is 15.5. The van der Waals surface area contributed by atoms with E-state index in [9.17, 15) is 4.79 Å². The molecule has 0 spiro atoms. The Morgan fingerprint density at radius 3 is 1.64 bits per heavy atom. The summed E-state index contributed by atoms with van der Waals surface area (Å²) < 4.78 is 11.8. The largest absolute Gasteiger partial charge is 0.460 e. The minimum Gasteiger partial charge on any atom is -0.460 e. The van der Waals surface area contributed by atoms with Crippen LogP contribution in [0.4, 0.5) is 0 Å². The minimum atomic E-state index is -1.79. The Kier molecular flexibility index (Phi) is 15.3. The summed E-state index contributed by atoms with van der Waals surface area (Å²) in [6.07, 6.45) is 17.0. The number of esters is 1. The molecule has 0 saturated heterocycles. The number of ether oxygens (including phenoxy) is 1. The Morgan fingerprint density at radius 2 is 1.25 bits per heavy atom. The van der Waals surface area contributed by atoms with Crippen LogP contribution in [0.3, 0.4) is 0 Å². The first-order valence-electron chi connectivity index (χ1n) is 11.9. The Labute approximate surface area is 177 Å². The highest BCUT2D eigenvalue weighted by molar-refractivity contribution is 6.74. The fourth-order valence-electron chi connectivity index (χ4n) is 3.14. The number of hydrogen-bond donors (Lipinski definition) is 0. The van der Waals surface area contributed by atoms with Crippen LogP contribution < -0.4 is 0 Å². The zero-order valence-corrected chi connectivity index (χ0v) is 21.2. The third-order valence-electron chi connectivity index (χ3n) is 6.15. The first kappa shape index (κ1) is 27.6. The molecule has 0 aromatic rings. The number of carbonyl (C=O) groups excluding carboxylic acids is 1. The van der Waals surface area contributed by atoms with E-state index in [4.69, 9.17) is 9.16 Å². The zero-order chi connectivity index (χ0) is 21.5. The number of rotatable bonds is 17. The zero-order valence-electron chi connectivity index (χ0n) is 20.2. The lowest BCUT2D eigenvalue weighted by molar-refractivity contribution is -0.148. The molecule has 0 fully saturated rings. The molecule has 0 aliphatic rings. The van der Waals surface area contributed by atoms with Crippen molar-refractivity contribution in [1.82, 2.24) is 0 Å². The van der Waals surface area contributed by atoms with Gasteiger partial charge in [0.2, 0.25) is 0 Å². The van der Waals surface area contributed by atoms with Crippen molar-refractivity contribution < 1.29 is 14.0 Å². The second-order valence-electron chi connectivity index (χ2n) is 9.98. The Hall–Kier alpha value is -0.353. The van der Waals surface area contributed by atoms with E-state index in [1.54, 1.807) is 0 Å². The molecule has 168 valence electrons. The van der Waals surface area contributed by atoms with E-state index < -0.39 is 8.32 Å². The van der Waals surface area contributed by atoms with Crippen LogP contribution in [0.5, 0.6) is 0 Å². The Balaban J connectivity index is 3.86. The van der Waals surface area contributed by atoms with E-state index in [1.807, 2.05) is 0 Å². The molecule has 3 nitrogen and oxygen atoms in total. The van der Waals surface area contributed by atoms with Gasteiger partial charge in [-0.05, 0) is 31.0 Å². The van der Waals surface area contributed by atoms with Crippen molar-refractivity contribution >= 4 is 14.3 Å². The lowest BCUT2D eigenvalue weighted by Gasteiger charge is -2.37. The summed E-state index contributed by atoms with van der Waals surface area (Å²) in [6.45, 7) is 15.6. The molecule has 0 amide bonds. The fourth-order valence-corrected chi connectivity index (χ4v) is 4.18. The molecule has 0 heterocycles. The third kappa shape index (κ3) is 14.6. The molecule has 0 bridgehead atoms. The van der Waals surface area contributed by atoms with Crippen LogP contribution >= 0.6 is 0 Å². The lowest BCUT2D eigenvalue weighted by Crippen LogP contribution is -2.43. The molecule has 0 saturated carbocycles. The molecular weight excluding hydrogens is 364 g/mol. The summed E-state index contributed by atoms with van der Waals surface area (Å²) in [6, 6.07) is 0. The van der Waals surface area contributed by atoms with Crippen LogP contribution in [-0.4, -0.2) is 27.0 Å². The predicted octanol–water partition coefficient (Wildman–Crippen LogP) is 8.03. The van der Waals surface area contributed by atoms with Crippen LogP contribution in [-0.2, 0) is 14.0 Å². The summed E-state index contributed by atoms with van der Waals surface area (Å²) in [4.78, 5) is 11.4. The van der Waals surface area contributed by atoms with E-state index in [0.717, 1.165) is 12.8 Å². The van der Waals surface area contributed by atoms with Crippen molar-refractivity contribution in [2.45, 2.75) is 142 Å². The normalized spacial score (nSPS) is 13.5. The standard InChI is InChI=1S/C24H50O3Si/c1-8-9-10-11-12-13-14-15-16-17-18-19-20-23(27-22(2)25)21-26-28(6,7)24(3,4)5/h23H,8-21H2,1-7H3/t23-/m1/s1. The predicted molar refractivity (Wildman–Crippen MR) is 124 cm³/mol. The van der Waals surface area contributed by atoms with Gasteiger partial charge in [0.05, 0.1) is 6.61 Å². The molecule has 0 unspecified atom stereocenters. The van der Waals surface area contributed by atoms with Gasteiger partial charge in [0, 0.05) is 6.92 Å². The van der Waals surface area contributed by atoms with Gasteiger partial charge < -0.3 is 9.16 Å². The maximum absolute atomic E-state index is 11.4. The second-order valence-corrected chi connectivity index (χ2v) is 14.8. The molecule has 0 radical (unpaired) electrons. The van der Waals surface area contributed by atoms with Gasteiger partial charge in [-0.15, -0.1) is 0 Å². The highest BCUT2D eigenvalue weighted by atomic mass is 28.4. The summed E-state index contributed by atoms with van der Waals surface area (Å²) in [5, 5.41) is 0.184. The molecule has 0 aliphatic carbocycles. The summed E-state index contributed by atoms with van der Waals surface area (Å²) in [5.74, 6) is -0.192. The fraction of sp³-hybridized carbons (Fsp3) is 0.958. The molecule has 0 aliphatic heterocycles. The van der Waals surface area contributed by atoms with E-state index >= 15 is 0 Å². The number of hydrogen-bond acceptors (Lipinski definition) is 3. The maximum Gasteiger partial charge on any atom is 0.302 e. The van der Waals surface area contributed by atoms with E-state index in [2.05, 4.69) is 40.8 Å². The third-order valence-corrected chi connectivity index (χ3v) is 10.6. The Bertz CT molecular complexity index is 388. The molecule has 1 atom stereocenters. The molecule has 0 rings (SSSR count). The van der Waals surface area contributed by atoms with Gasteiger partial charge in [-0.25, -0.2) is 0 Å². The van der Waals surface area contributed by atoms with Gasteiger partial charge in [-0.1, -0.05) is 98.3 Å². The Morgan fingerprint density at radius 1 is 0.821 bits per heavy atom. The highest BCUT2D eigenvalue weighted by Gasteiger charge is 2.37. The molecular formula is C24H50O3Si. The SMILES string of the molecule is CCCCCCCCCCCCCC[C@H](CO[Si](C)(C)C(C)(C)C)OC(C)=O. The minimum absolute atomic E-state index is 0.0882. The highest BCUT2D eigenvalue weighted by Crippen LogP contribution is 2.36. The van der Waals surface area contributed by atoms with Crippen molar-refractivity contribution in [3.63, 3.8) is 0 Å². The van der Waals surface area contributed by atoms with Crippen LogP contribution in [0.25, 0.3) is 0 Å². The van der Waals surface area contributed by atoms with Gasteiger partial charge >= 0.3 is 5.97 Å². The van der Waals surface area contributed by atoms with E-state index in [-0.39, 0.29) is 17.1 Å². The molecule has 0 aromatic carbocycles. The lowest BCUT2D eigenvalue weighted by atomic mass is 10.0. The van der Waals surface area contributed by atoms with Gasteiger partial charge in [-0.2, -0.15) is 0 Å². The van der Waals surface area contributed by atoms with E-state index in [0.29, 0.717) is 6.61 Å². The van der Waals surface area contributed by atoms with Crippen molar-refractivity contribution in [3.8, 4) is 0 Å². The van der Waals surface area contributed by atoms with Crippen LogP contribution in [0.1, 0.15) is 118 Å². The summed E-state index contributed by atoms with van der Waals surface area (Å²) in [5.41, 5.74) is 0. The smallest absolute Gasteiger partial charge is 0.302 e. The number of unbranched alkanes of at least 4 members (excludes halogenated alkanes) is 11. The van der Waals surface area contributed by atoms with Crippen molar-refractivity contribution in [2.75, 3.05) is 6.61 Å². The molecule has 28 heavy (non-hydrogen) atoms. The van der Waals surface area contributed by atoms with Gasteiger partial charge in [0.25, 0.3) is 0 Å². The average Bonchev–Trinajstić information content (AvgIpc) is 2.59. The molecule has 0 aromatic heterocycles. The summed E-state index contributed by atoms with van der Waals surface area (Å²) >= 11 is 0. The van der Waals surface area contributed by atoms with Crippen molar-refractivity contribution in [3.05, 3.63) is 0 Å². The van der Waals surface area contributed by atoms with Gasteiger partial charge in [0.15, 0.2) is 8.32 Å². The average molecular weight is 415 g/mol. The molecule has 4 heteroatoms. The molecule has 0 N–H and O–H groups in total. The monoisotopic (exact) mass is 414 g/mol. The first-order valence-corrected chi connectivity index (χ1v) is 14.8. The van der Waals surface area contributed by atoms with Crippen LogP contribution in [0.2, 0.25) is 18.1 Å². The van der Waals surface area contributed by atoms with Crippen molar-refractivity contribution in [2.24, 2.45) is 0 Å². The first-order chi connectivity index (χ1) is 13.1. The number of carbonyl (C=O) groups is 1. The van der Waals surface area contributed by atoms with Gasteiger partial charge in [0.1, 0.15) is 6.10 Å². The van der Waals surface area contributed by atoms with Crippen molar-refractivity contribution in [1.29, 1.82) is 0 Å².